The predicted octanol–water partition coefficient (Wildman–Crippen LogP) is 3.20. The molecule has 196 valence electrons. The molecular formula is C23H24N10O5. The van der Waals surface area contributed by atoms with Gasteiger partial charge in [-0.25, -0.2) is 10.9 Å². The third-order valence-corrected chi connectivity index (χ3v) is 5.56. The van der Waals surface area contributed by atoms with Gasteiger partial charge in [0.2, 0.25) is 17.8 Å². The van der Waals surface area contributed by atoms with Crippen molar-refractivity contribution in [2.45, 2.75) is 13.8 Å². The quantitative estimate of drug-likeness (QED) is 0.240. The van der Waals surface area contributed by atoms with Crippen molar-refractivity contribution in [3.8, 4) is 0 Å². The van der Waals surface area contributed by atoms with Crippen molar-refractivity contribution in [1.29, 1.82) is 0 Å². The van der Waals surface area contributed by atoms with E-state index in [1.54, 1.807) is 38.1 Å². The van der Waals surface area contributed by atoms with E-state index in [2.05, 4.69) is 36.0 Å². The number of nitro benzene ring substituents is 2. The summed E-state index contributed by atoms with van der Waals surface area (Å²) in [7, 11) is 0. The highest BCUT2D eigenvalue weighted by Crippen LogP contribution is 2.17. The molecule has 1 aliphatic heterocycles. The lowest BCUT2D eigenvalue weighted by Crippen LogP contribution is -2.37. The number of non-ortho nitro benzene ring substituents is 2. The molecule has 1 fully saturated rings. The number of nitrogens with one attached hydrogen (secondary N) is 2. The van der Waals surface area contributed by atoms with Crippen LogP contribution in [-0.4, -0.2) is 62.5 Å². The minimum Gasteiger partial charge on any atom is -0.378 e. The highest BCUT2D eigenvalue weighted by Gasteiger charge is 2.17. The van der Waals surface area contributed by atoms with Crippen LogP contribution in [0.5, 0.6) is 0 Å². The van der Waals surface area contributed by atoms with Crippen LogP contribution in [-0.2, 0) is 4.74 Å². The summed E-state index contributed by atoms with van der Waals surface area (Å²) in [6.45, 7) is 5.75. The molecule has 38 heavy (non-hydrogen) atoms. The van der Waals surface area contributed by atoms with E-state index >= 15 is 0 Å². The van der Waals surface area contributed by atoms with Crippen LogP contribution < -0.4 is 15.8 Å². The second kappa shape index (κ2) is 11.8. The molecule has 0 radical (unpaired) electrons. The Labute approximate surface area is 216 Å². The molecule has 0 unspecified atom stereocenters. The number of hydrogen-bond acceptors (Lipinski definition) is 13. The van der Waals surface area contributed by atoms with Crippen LogP contribution in [0.25, 0.3) is 0 Å². The van der Waals surface area contributed by atoms with Gasteiger partial charge in [0.1, 0.15) is 0 Å². The summed E-state index contributed by atoms with van der Waals surface area (Å²) in [6, 6.07) is 12.0. The van der Waals surface area contributed by atoms with Gasteiger partial charge in [0, 0.05) is 37.4 Å². The number of rotatable bonds is 9. The summed E-state index contributed by atoms with van der Waals surface area (Å²) in [4.78, 5) is 36.1. The molecule has 2 N–H and O–H groups in total. The van der Waals surface area contributed by atoms with Gasteiger partial charge in [-0.05, 0) is 49.2 Å². The number of hydrazone groups is 2. The summed E-state index contributed by atoms with van der Waals surface area (Å²) >= 11 is 0. The zero-order valence-corrected chi connectivity index (χ0v) is 20.6. The Kier molecular flexibility index (Phi) is 8.07. The molecule has 0 bridgehead atoms. The fourth-order valence-corrected chi connectivity index (χ4v) is 3.42. The van der Waals surface area contributed by atoms with E-state index in [1.807, 2.05) is 4.90 Å². The van der Waals surface area contributed by atoms with Crippen molar-refractivity contribution in [1.82, 2.24) is 15.0 Å². The molecule has 4 rings (SSSR count). The number of benzene rings is 2. The second-order valence-electron chi connectivity index (χ2n) is 8.11. The maximum absolute atomic E-state index is 10.9. The Balaban J connectivity index is 1.55. The van der Waals surface area contributed by atoms with Gasteiger partial charge in [0.25, 0.3) is 11.4 Å². The van der Waals surface area contributed by atoms with Crippen LogP contribution in [0.4, 0.5) is 29.2 Å². The second-order valence-corrected chi connectivity index (χ2v) is 8.11. The van der Waals surface area contributed by atoms with Gasteiger partial charge in [0.05, 0.1) is 34.5 Å². The monoisotopic (exact) mass is 520 g/mol. The first-order valence-electron chi connectivity index (χ1n) is 11.5. The molecule has 0 aliphatic carbocycles. The highest BCUT2D eigenvalue weighted by atomic mass is 16.6. The Morgan fingerprint density at radius 2 is 1.21 bits per heavy atom. The molecule has 15 heteroatoms. The largest absolute Gasteiger partial charge is 0.378 e. The topological polar surface area (TPSA) is 186 Å². The highest BCUT2D eigenvalue weighted by molar-refractivity contribution is 5.99. The van der Waals surface area contributed by atoms with E-state index < -0.39 is 9.85 Å². The first-order chi connectivity index (χ1) is 18.3. The van der Waals surface area contributed by atoms with Gasteiger partial charge < -0.3 is 9.64 Å². The summed E-state index contributed by atoms with van der Waals surface area (Å²) in [5.74, 6) is 0.724. The average Bonchev–Trinajstić information content (AvgIpc) is 2.95. The fourth-order valence-electron chi connectivity index (χ4n) is 3.42. The summed E-state index contributed by atoms with van der Waals surface area (Å²) in [6.07, 6.45) is 0. The van der Waals surface area contributed by atoms with Crippen LogP contribution in [0.3, 0.4) is 0 Å². The van der Waals surface area contributed by atoms with E-state index in [9.17, 15) is 20.2 Å². The molecular weight excluding hydrogens is 496 g/mol. The van der Waals surface area contributed by atoms with E-state index in [0.717, 1.165) is 0 Å². The number of ether oxygens (including phenoxy) is 1. The van der Waals surface area contributed by atoms with Gasteiger partial charge in [-0.1, -0.05) is 0 Å². The number of nitro groups is 2. The lowest BCUT2D eigenvalue weighted by molar-refractivity contribution is -0.385. The van der Waals surface area contributed by atoms with Crippen molar-refractivity contribution in [3.63, 3.8) is 0 Å². The van der Waals surface area contributed by atoms with Gasteiger partial charge in [-0.2, -0.15) is 25.2 Å². The smallest absolute Gasteiger partial charge is 0.269 e. The Bertz CT molecular complexity index is 1280. The zero-order chi connectivity index (χ0) is 27.1. The Morgan fingerprint density at radius 3 is 1.61 bits per heavy atom. The van der Waals surface area contributed by atoms with E-state index in [4.69, 9.17) is 4.74 Å². The molecule has 2 heterocycles. The molecule has 0 spiro atoms. The third-order valence-electron chi connectivity index (χ3n) is 5.56. The standard InChI is InChI=1S/C23H24N10O5/c1-15(17-3-7-19(8-4-17)32(34)35)27-29-21-24-22(26-23(25-21)31-11-13-38-14-12-31)30-28-16(2)18-5-9-20(10-6-18)33(36)37/h3-10H,11-14H2,1-2H3,(H2,24,25,26,29,30)/b27-15-,28-16-. The maximum atomic E-state index is 10.9. The van der Waals surface area contributed by atoms with E-state index in [-0.39, 0.29) is 23.3 Å². The first-order valence-corrected chi connectivity index (χ1v) is 11.5. The zero-order valence-electron chi connectivity index (χ0n) is 20.6. The van der Waals surface area contributed by atoms with E-state index in [0.29, 0.717) is 54.8 Å². The van der Waals surface area contributed by atoms with Gasteiger partial charge in [-0.15, -0.1) is 0 Å². The van der Waals surface area contributed by atoms with Crippen LogP contribution in [0.1, 0.15) is 25.0 Å². The Hall–Kier alpha value is -5.05. The van der Waals surface area contributed by atoms with Gasteiger partial charge in [-0.3, -0.25) is 20.2 Å². The molecule has 0 amide bonds. The van der Waals surface area contributed by atoms with Crippen molar-refractivity contribution < 1.29 is 14.6 Å². The summed E-state index contributed by atoms with van der Waals surface area (Å²) in [5.41, 5.74) is 8.12. The van der Waals surface area contributed by atoms with Crippen molar-refractivity contribution in [2.24, 2.45) is 10.2 Å². The maximum Gasteiger partial charge on any atom is 0.269 e. The minimum absolute atomic E-state index is 0.0116. The van der Waals surface area contributed by atoms with Crippen molar-refractivity contribution >= 4 is 40.6 Å². The number of morpholine rings is 1. The number of anilines is 3. The number of nitrogens with zero attached hydrogens (tertiary/aromatic N) is 8. The lowest BCUT2D eigenvalue weighted by atomic mass is 10.1. The minimum atomic E-state index is -0.465. The molecule has 3 aromatic rings. The predicted molar refractivity (Wildman–Crippen MR) is 141 cm³/mol. The third kappa shape index (κ3) is 6.58. The molecule has 1 aliphatic rings. The van der Waals surface area contributed by atoms with E-state index in [1.165, 1.54) is 24.3 Å². The number of aromatic nitrogens is 3. The van der Waals surface area contributed by atoms with Crippen molar-refractivity contribution in [2.75, 3.05) is 42.1 Å². The molecule has 15 nitrogen and oxygen atoms in total. The normalized spacial score (nSPS) is 14.2. The fraction of sp³-hybridized carbons (Fsp3) is 0.261. The van der Waals surface area contributed by atoms with Crippen LogP contribution >= 0.6 is 0 Å². The molecule has 1 aromatic heterocycles. The molecule has 0 atom stereocenters. The van der Waals surface area contributed by atoms with Gasteiger partial charge >= 0.3 is 0 Å². The van der Waals surface area contributed by atoms with Crippen LogP contribution in [0.2, 0.25) is 0 Å². The SMILES string of the molecule is C/C(=N/Nc1nc(N/N=C(/C)c2ccc([N+](=O)[O-])cc2)nc(N2CCOCC2)n1)c1ccc([N+](=O)[O-])cc1. The van der Waals surface area contributed by atoms with Crippen LogP contribution in [0, 0.1) is 20.2 Å². The molecule has 1 saturated heterocycles. The van der Waals surface area contributed by atoms with Crippen LogP contribution in [0.15, 0.2) is 58.7 Å². The molecule has 2 aromatic carbocycles. The average molecular weight is 521 g/mol. The Morgan fingerprint density at radius 1 is 0.789 bits per heavy atom. The first kappa shape index (κ1) is 26.0. The molecule has 0 saturated carbocycles. The summed E-state index contributed by atoms with van der Waals surface area (Å²) in [5, 5.41) is 30.4. The lowest BCUT2D eigenvalue weighted by Gasteiger charge is -2.26. The summed E-state index contributed by atoms with van der Waals surface area (Å²) < 4.78 is 5.41. The number of hydrogen-bond donors (Lipinski definition) is 2. The van der Waals surface area contributed by atoms with Gasteiger partial charge in [0.15, 0.2) is 0 Å². The van der Waals surface area contributed by atoms with Crippen molar-refractivity contribution in [3.05, 3.63) is 79.9 Å².